The van der Waals surface area contributed by atoms with Crippen molar-refractivity contribution < 1.29 is 32.3 Å². The first-order valence-electron chi connectivity index (χ1n) is 8.60. The number of halogens is 3. The van der Waals surface area contributed by atoms with E-state index in [9.17, 15) is 27.6 Å². The lowest BCUT2D eigenvalue weighted by atomic mass is 10.2. The van der Waals surface area contributed by atoms with Crippen molar-refractivity contribution in [1.82, 2.24) is 9.88 Å². The first-order chi connectivity index (χ1) is 13.7. The minimum absolute atomic E-state index is 0.140. The molecule has 0 spiro atoms. The summed E-state index contributed by atoms with van der Waals surface area (Å²) in [6.45, 7) is -1.29. The lowest BCUT2D eigenvalue weighted by molar-refractivity contribution is -0.154. The molecule has 2 aromatic rings. The van der Waals surface area contributed by atoms with Crippen LogP contribution in [0.5, 0.6) is 5.88 Å². The maximum absolute atomic E-state index is 12.2. The van der Waals surface area contributed by atoms with Gasteiger partial charge in [-0.05, 0) is 23.8 Å². The minimum atomic E-state index is -4.47. The third-order valence-electron chi connectivity index (χ3n) is 4.09. The first-order valence-corrected chi connectivity index (χ1v) is 8.60. The molecule has 0 radical (unpaired) electrons. The number of carbonyl (C=O) groups is 3. The maximum Gasteiger partial charge on any atom is 0.422 e. The number of imide groups is 1. The van der Waals surface area contributed by atoms with Crippen LogP contribution in [0, 0.1) is 0 Å². The third kappa shape index (κ3) is 5.53. The Bertz CT molecular complexity index is 896. The topological polar surface area (TPSA) is 88.6 Å². The molecule has 1 aliphatic heterocycles. The molecule has 0 bridgehead atoms. The van der Waals surface area contributed by atoms with E-state index in [-0.39, 0.29) is 42.6 Å². The van der Waals surface area contributed by atoms with Crippen LogP contribution >= 0.6 is 0 Å². The van der Waals surface area contributed by atoms with E-state index in [1.807, 2.05) is 0 Å². The largest absolute Gasteiger partial charge is 0.468 e. The number of anilines is 1. The van der Waals surface area contributed by atoms with Gasteiger partial charge in [0.1, 0.15) is 0 Å². The fraction of sp³-hybridized carbons (Fsp3) is 0.263. The number of aromatic nitrogens is 1. The number of likely N-dealkylation sites (tertiary alicyclic amines) is 1. The van der Waals surface area contributed by atoms with E-state index in [1.54, 1.807) is 24.3 Å². The number of hydrogen-bond donors (Lipinski definition) is 1. The molecule has 29 heavy (non-hydrogen) atoms. The summed E-state index contributed by atoms with van der Waals surface area (Å²) < 4.78 is 40.8. The number of carbonyl (C=O) groups excluding carboxylic acids is 3. The summed E-state index contributed by atoms with van der Waals surface area (Å²) in [5.74, 6) is -1.16. The van der Waals surface area contributed by atoms with E-state index in [0.717, 1.165) is 11.8 Å². The molecule has 3 amide bonds. The second kappa shape index (κ2) is 8.29. The highest BCUT2D eigenvalue weighted by molar-refractivity contribution is 6.04. The number of pyridine rings is 1. The number of ether oxygens (including phenoxy) is 1. The zero-order chi connectivity index (χ0) is 21.0. The maximum atomic E-state index is 12.2. The van der Waals surface area contributed by atoms with Gasteiger partial charge in [-0.3, -0.25) is 19.3 Å². The molecule has 0 aliphatic carbocycles. The summed E-state index contributed by atoms with van der Waals surface area (Å²) in [5.41, 5.74) is 1.34. The molecule has 1 saturated heterocycles. The van der Waals surface area contributed by atoms with Crippen LogP contribution in [-0.4, -0.2) is 40.4 Å². The summed E-state index contributed by atoms with van der Waals surface area (Å²) >= 11 is 0. The average Bonchev–Trinajstić information content (AvgIpc) is 2.99. The predicted molar refractivity (Wildman–Crippen MR) is 95.0 cm³/mol. The monoisotopic (exact) mass is 407 g/mol. The van der Waals surface area contributed by atoms with Crippen LogP contribution in [0.2, 0.25) is 0 Å². The van der Waals surface area contributed by atoms with Gasteiger partial charge in [-0.15, -0.1) is 0 Å². The average molecular weight is 407 g/mol. The fourth-order valence-corrected chi connectivity index (χ4v) is 2.63. The summed E-state index contributed by atoms with van der Waals surface area (Å²) in [7, 11) is 0. The van der Waals surface area contributed by atoms with Gasteiger partial charge in [0.05, 0.1) is 12.1 Å². The third-order valence-corrected chi connectivity index (χ3v) is 4.09. The van der Waals surface area contributed by atoms with Gasteiger partial charge in [-0.25, -0.2) is 4.98 Å². The minimum Gasteiger partial charge on any atom is -0.468 e. The number of alkyl halides is 3. The lowest BCUT2D eigenvalue weighted by Gasteiger charge is -2.14. The van der Waals surface area contributed by atoms with Crippen LogP contribution < -0.4 is 10.1 Å². The molecular weight excluding hydrogens is 391 g/mol. The number of benzene rings is 1. The van der Waals surface area contributed by atoms with Gasteiger partial charge in [0.25, 0.3) is 5.91 Å². The number of nitrogens with zero attached hydrogens (tertiary/aromatic N) is 2. The van der Waals surface area contributed by atoms with Crippen molar-refractivity contribution in [3.8, 4) is 5.88 Å². The van der Waals surface area contributed by atoms with E-state index in [1.165, 1.54) is 17.0 Å². The number of rotatable bonds is 6. The van der Waals surface area contributed by atoms with Gasteiger partial charge in [0.2, 0.25) is 17.7 Å². The second-order valence-corrected chi connectivity index (χ2v) is 6.31. The molecule has 2 heterocycles. The predicted octanol–water partition coefficient (Wildman–Crippen LogP) is 2.92. The van der Waals surface area contributed by atoms with Crippen molar-refractivity contribution in [2.24, 2.45) is 0 Å². The standard InChI is InChI=1S/C19H16F3N3O4/c20-19(21,22)11-29-15-6-3-13(9-23-15)18(28)24-14-4-1-12(2-5-14)10-25-16(26)7-8-17(25)27/h1-6,9H,7-8,10-11H2,(H,24,28). The van der Waals surface area contributed by atoms with E-state index in [0.29, 0.717) is 5.69 Å². The van der Waals surface area contributed by atoms with Crippen LogP contribution in [0.1, 0.15) is 28.8 Å². The van der Waals surface area contributed by atoms with E-state index < -0.39 is 18.7 Å². The first kappa shape index (κ1) is 20.3. The molecule has 1 aliphatic rings. The second-order valence-electron chi connectivity index (χ2n) is 6.31. The Hall–Kier alpha value is -3.43. The van der Waals surface area contributed by atoms with Crippen LogP contribution in [0.25, 0.3) is 0 Å². The summed E-state index contributed by atoms with van der Waals surface area (Å²) in [4.78, 5) is 40.4. The smallest absolute Gasteiger partial charge is 0.422 e. The Kier molecular flexibility index (Phi) is 5.81. The van der Waals surface area contributed by atoms with Gasteiger partial charge in [-0.2, -0.15) is 13.2 Å². The molecule has 0 unspecified atom stereocenters. The van der Waals surface area contributed by atoms with Crippen LogP contribution in [0.3, 0.4) is 0 Å². The molecule has 152 valence electrons. The zero-order valence-corrected chi connectivity index (χ0v) is 15.0. The highest BCUT2D eigenvalue weighted by atomic mass is 19.4. The fourth-order valence-electron chi connectivity index (χ4n) is 2.63. The highest BCUT2D eigenvalue weighted by Gasteiger charge is 2.29. The summed E-state index contributed by atoms with van der Waals surface area (Å²) in [6, 6.07) is 9.07. The van der Waals surface area contributed by atoms with E-state index in [4.69, 9.17) is 0 Å². The van der Waals surface area contributed by atoms with Crippen molar-refractivity contribution in [3.63, 3.8) is 0 Å². The quantitative estimate of drug-likeness (QED) is 0.744. The van der Waals surface area contributed by atoms with Crippen molar-refractivity contribution in [2.75, 3.05) is 11.9 Å². The SMILES string of the molecule is O=C(Nc1ccc(CN2C(=O)CCC2=O)cc1)c1ccc(OCC(F)(F)F)nc1. The van der Waals surface area contributed by atoms with Crippen LogP contribution in [0.15, 0.2) is 42.6 Å². The van der Waals surface area contributed by atoms with Crippen LogP contribution in [0.4, 0.5) is 18.9 Å². The van der Waals surface area contributed by atoms with Crippen molar-refractivity contribution in [2.45, 2.75) is 25.6 Å². The Morgan fingerprint density at radius 2 is 1.72 bits per heavy atom. The molecule has 7 nitrogen and oxygen atoms in total. The number of nitrogens with one attached hydrogen (secondary N) is 1. The molecule has 1 aromatic heterocycles. The Morgan fingerprint density at radius 1 is 1.07 bits per heavy atom. The molecule has 1 aromatic carbocycles. The molecule has 1 N–H and O–H groups in total. The number of hydrogen-bond acceptors (Lipinski definition) is 5. The Balaban J connectivity index is 1.56. The van der Waals surface area contributed by atoms with Gasteiger partial charge in [0.15, 0.2) is 6.61 Å². The van der Waals surface area contributed by atoms with Gasteiger partial charge < -0.3 is 10.1 Å². The summed E-state index contributed by atoms with van der Waals surface area (Å²) in [6.07, 6.45) is -2.92. The van der Waals surface area contributed by atoms with Crippen molar-refractivity contribution in [1.29, 1.82) is 0 Å². The zero-order valence-electron chi connectivity index (χ0n) is 15.0. The van der Waals surface area contributed by atoms with E-state index in [2.05, 4.69) is 15.0 Å². The Labute approximate surface area is 163 Å². The Morgan fingerprint density at radius 3 is 2.28 bits per heavy atom. The van der Waals surface area contributed by atoms with Gasteiger partial charge >= 0.3 is 6.18 Å². The normalized spacial score (nSPS) is 14.2. The molecule has 3 rings (SSSR count). The molecule has 0 saturated carbocycles. The molecule has 1 fully saturated rings. The highest BCUT2D eigenvalue weighted by Crippen LogP contribution is 2.19. The van der Waals surface area contributed by atoms with Crippen molar-refractivity contribution >= 4 is 23.4 Å². The summed E-state index contributed by atoms with van der Waals surface area (Å²) in [5, 5.41) is 2.63. The molecular formula is C19H16F3N3O4. The molecule has 10 heteroatoms. The van der Waals surface area contributed by atoms with Gasteiger partial charge in [0, 0.05) is 30.8 Å². The van der Waals surface area contributed by atoms with Crippen LogP contribution in [-0.2, 0) is 16.1 Å². The van der Waals surface area contributed by atoms with E-state index >= 15 is 0 Å². The number of amides is 3. The lowest BCUT2D eigenvalue weighted by Crippen LogP contribution is -2.28. The van der Waals surface area contributed by atoms with Crippen molar-refractivity contribution in [3.05, 3.63) is 53.7 Å². The van der Waals surface area contributed by atoms with Gasteiger partial charge in [-0.1, -0.05) is 12.1 Å². The molecule has 0 atom stereocenters.